The number of carbonyl (C=O) groups is 1. The molecule has 0 atom stereocenters. The number of hydrogen-bond acceptors (Lipinski definition) is 5. The van der Waals surface area contributed by atoms with Gasteiger partial charge in [-0.05, 0) is 32.4 Å². The predicted molar refractivity (Wildman–Crippen MR) is 84.0 cm³/mol. The zero-order valence-electron chi connectivity index (χ0n) is 12.6. The van der Waals surface area contributed by atoms with Gasteiger partial charge in [-0.1, -0.05) is 6.92 Å². The Labute approximate surface area is 135 Å². The summed E-state index contributed by atoms with van der Waals surface area (Å²) in [7, 11) is 0. The lowest BCUT2D eigenvalue weighted by atomic mass is 10.0. The van der Waals surface area contributed by atoms with Gasteiger partial charge in [-0.3, -0.25) is 19.6 Å². The summed E-state index contributed by atoms with van der Waals surface area (Å²) >= 11 is 0. The van der Waals surface area contributed by atoms with Gasteiger partial charge < -0.3 is 10.2 Å². The van der Waals surface area contributed by atoms with Crippen molar-refractivity contribution in [2.45, 2.75) is 38.8 Å². The number of rotatable bonds is 6. The van der Waals surface area contributed by atoms with Gasteiger partial charge in [0.05, 0.1) is 4.92 Å². The van der Waals surface area contributed by atoms with Crippen LogP contribution >= 0.6 is 12.4 Å². The standard InChI is InChI=1S/C13H21N5O3.ClH/c1-2-7-17(11-3-5-14-6-4-11)13(19)10-16-9-12(8-15-16)18(20)21;/h8-9,11,14H,2-7,10H2,1H3;1H. The van der Waals surface area contributed by atoms with E-state index in [9.17, 15) is 14.9 Å². The fraction of sp³-hybridized carbons (Fsp3) is 0.692. The summed E-state index contributed by atoms with van der Waals surface area (Å²) in [5.74, 6) is -0.0262. The third-order valence-electron chi connectivity index (χ3n) is 3.66. The lowest BCUT2D eigenvalue weighted by molar-refractivity contribution is -0.385. The molecule has 8 nitrogen and oxygen atoms in total. The molecular formula is C13H22ClN5O3. The molecule has 1 amide bonds. The van der Waals surface area contributed by atoms with E-state index < -0.39 is 4.92 Å². The highest BCUT2D eigenvalue weighted by Gasteiger charge is 2.25. The van der Waals surface area contributed by atoms with Gasteiger partial charge >= 0.3 is 5.69 Å². The van der Waals surface area contributed by atoms with Gasteiger partial charge in [0.25, 0.3) is 0 Å². The van der Waals surface area contributed by atoms with Crippen LogP contribution in [0.2, 0.25) is 0 Å². The number of hydrogen-bond donors (Lipinski definition) is 1. The summed E-state index contributed by atoms with van der Waals surface area (Å²) in [5.41, 5.74) is -0.0910. The minimum absolute atomic E-state index is 0. The summed E-state index contributed by atoms with van der Waals surface area (Å²) in [6.07, 6.45) is 5.26. The van der Waals surface area contributed by atoms with Gasteiger partial charge in [-0.15, -0.1) is 12.4 Å². The average Bonchev–Trinajstić information content (AvgIpc) is 2.94. The van der Waals surface area contributed by atoms with Crippen LogP contribution in [0.15, 0.2) is 12.4 Å². The molecule has 0 bridgehead atoms. The molecule has 1 fully saturated rings. The smallest absolute Gasteiger partial charge is 0.307 e. The molecule has 1 aromatic rings. The summed E-state index contributed by atoms with van der Waals surface area (Å²) in [5, 5.41) is 17.8. The molecule has 0 radical (unpaired) electrons. The van der Waals surface area contributed by atoms with Crippen LogP contribution in [0.1, 0.15) is 26.2 Å². The van der Waals surface area contributed by atoms with E-state index in [0.717, 1.165) is 32.4 Å². The molecule has 0 spiro atoms. The third-order valence-corrected chi connectivity index (χ3v) is 3.66. The first-order valence-electron chi connectivity index (χ1n) is 7.29. The lowest BCUT2D eigenvalue weighted by Gasteiger charge is -2.34. The molecule has 1 saturated heterocycles. The van der Waals surface area contributed by atoms with Crippen LogP contribution < -0.4 is 5.32 Å². The molecule has 0 aromatic carbocycles. The van der Waals surface area contributed by atoms with Crippen molar-refractivity contribution in [1.29, 1.82) is 0 Å². The second-order valence-electron chi connectivity index (χ2n) is 5.22. The zero-order valence-corrected chi connectivity index (χ0v) is 13.4. The highest BCUT2D eigenvalue weighted by molar-refractivity contribution is 5.85. The molecule has 0 saturated carbocycles. The molecule has 22 heavy (non-hydrogen) atoms. The molecule has 1 N–H and O–H groups in total. The normalized spacial score (nSPS) is 15.1. The Bertz CT molecular complexity index is 502. The van der Waals surface area contributed by atoms with Crippen LogP contribution in [-0.4, -0.2) is 51.2 Å². The Morgan fingerprint density at radius 3 is 2.77 bits per heavy atom. The maximum Gasteiger partial charge on any atom is 0.307 e. The number of aromatic nitrogens is 2. The molecule has 1 aliphatic heterocycles. The van der Waals surface area contributed by atoms with E-state index in [1.165, 1.54) is 17.1 Å². The van der Waals surface area contributed by atoms with E-state index in [1.54, 1.807) is 0 Å². The Balaban J connectivity index is 0.00000242. The summed E-state index contributed by atoms with van der Waals surface area (Å²) in [6, 6.07) is 0.254. The van der Waals surface area contributed by atoms with Crippen molar-refractivity contribution in [3.63, 3.8) is 0 Å². The van der Waals surface area contributed by atoms with Gasteiger partial charge in [0.15, 0.2) is 0 Å². The average molecular weight is 332 g/mol. The largest absolute Gasteiger partial charge is 0.338 e. The SMILES string of the molecule is CCCN(C(=O)Cn1cc([N+](=O)[O-])cn1)C1CCNCC1.Cl. The first kappa shape index (κ1) is 18.4. The number of nitrogens with one attached hydrogen (secondary N) is 1. The van der Waals surface area contributed by atoms with Gasteiger partial charge in [0.1, 0.15) is 18.9 Å². The van der Waals surface area contributed by atoms with Crippen LogP contribution in [0.25, 0.3) is 0 Å². The van der Waals surface area contributed by atoms with Crippen molar-refractivity contribution < 1.29 is 9.72 Å². The summed E-state index contributed by atoms with van der Waals surface area (Å²) in [6.45, 7) is 4.65. The van der Waals surface area contributed by atoms with Crippen molar-refractivity contribution in [1.82, 2.24) is 20.0 Å². The second-order valence-corrected chi connectivity index (χ2v) is 5.22. The van der Waals surface area contributed by atoms with Crippen molar-refractivity contribution in [2.75, 3.05) is 19.6 Å². The molecule has 2 heterocycles. The fourth-order valence-electron chi connectivity index (χ4n) is 2.63. The fourth-order valence-corrected chi connectivity index (χ4v) is 2.63. The topological polar surface area (TPSA) is 93.3 Å². The molecule has 124 valence electrons. The molecule has 2 rings (SSSR count). The van der Waals surface area contributed by atoms with Crippen molar-refractivity contribution in [3.05, 3.63) is 22.5 Å². The van der Waals surface area contributed by atoms with Crippen LogP contribution in [-0.2, 0) is 11.3 Å². The van der Waals surface area contributed by atoms with Crippen LogP contribution in [0.4, 0.5) is 5.69 Å². The number of carbonyl (C=O) groups excluding carboxylic acids is 1. The molecule has 9 heteroatoms. The first-order valence-corrected chi connectivity index (χ1v) is 7.29. The second kappa shape index (κ2) is 8.70. The van der Waals surface area contributed by atoms with E-state index in [4.69, 9.17) is 0 Å². The highest BCUT2D eigenvalue weighted by Crippen LogP contribution is 2.14. The van der Waals surface area contributed by atoms with Crippen LogP contribution in [0.5, 0.6) is 0 Å². The number of nitro groups is 1. The summed E-state index contributed by atoms with van der Waals surface area (Å²) < 4.78 is 1.34. The van der Waals surface area contributed by atoms with Crippen molar-refractivity contribution in [3.8, 4) is 0 Å². The predicted octanol–water partition coefficient (Wildman–Crippen LogP) is 1.20. The van der Waals surface area contributed by atoms with E-state index in [0.29, 0.717) is 6.54 Å². The van der Waals surface area contributed by atoms with E-state index in [1.807, 2.05) is 11.8 Å². The van der Waals surface area contributed by atoms with E-state index in [2.05, 4.69) is 10.4 Å². The van der Waals surface area contributed by atoms with Crippen molar-refractivity contribution in [2.24, 2.45) is 0 Å². The summed E-state index contributed by atoms with van der Waals surface area (Å²) in [4.78, 5) is 24.5. The number of halogens is 1. The first-order chi connectivity index (χ1) is 10.1. The number of nitrogens with zero attached hydrogens (tertiary/aromatic N) is 4. The third kappa shape index (κ3) is 4.67. The van der Waals surface area contributed by atoms with Crippen LogP contribution in [0, 0.1) is 10.1 Å². The maximum atomic E-state index is 12.5. The molecule has 1 aliphatic rings. The van der Waals surface area contributed by atoms with Gasteiger partial charge in [-0.2, -0.15) is 5.10 Å². The lowest BCUT2D eigenvalue weighted by Crippen LogP contribution is -2.47. The van der Waals surface area contributed by atoms with E-state index >= 15 is 0 Å². The minimum atomic E-state index is -0.509. The number of piperidine rings is 1. The quantitative estimate of drug-likeness (QED) is 0.624. The van der Waals surface area contributed by atoms with Gasteiger partial charge in [0.2, 0.25) is 5.91 Å². The zero-order chi connectivity index (χ0) is 15.2. The van der Waals surface area contributed by atoms with Gasteiger partial charge in [0, 0.05) is 12.6 Å². The maximum absolute atomic E-state index is 12.5. The Morgan fingerprint density at radius 2 is 2.23 bits per heavy atom. The number of amides is 1. The highest BCUT2D eigenvalue weighted by atomic mass is 35.5. The molecule has 1 aromatic heterocycles. The molecular weight excluding hydrogens is 310 g/mol. The monoisotopic (exact) mass is 331 g/mol. The van der Waals surface area contributed by atoms with Gasteiger partial charge in [-0.25, -0.2) is 0 Å². The Kier molecular flexibility index (Phi) is 7.26. The van der Waals surface area contributed by atoms with Crippen molar-refractivity contribution >= 4 is 24.0 Å². The minimum Gasteiger partial charge on any atom is -0.338 e. The Hall–Kier alpha value is -1.67. The molecule has 0 unspecified atom stereocenters. The van der Waals surface area contributed by atoms with E-state index in [-0.39, 0.29) is 36.6 Å². The molecule has 0 aliphatic carbocycles. The Morgan fingerprint density at radius 1 is 1.55 bits per heavy atom. The van der Waals surface area contributed by atoms with Crippen LogP contribution in [0.3, 0.4) is 0 Å².